The molecular weight excluding hydrogens is 340 g/mol. The summed E-state index contributed by atoms with van der Waals surface area (Å²) in [6, 6.07) is 7.48. The minimum absolute atomic E-state index is 0.131. The summed E-state index contributed by atoms with van der Waals surface area (Å²) >= 11 is 5.84. The monoisotopic (exact) mass is 360 g/mol. The van der Waals surface area contributed by atoms with Crippen LogP contribution in [0.2, 0.25) is 5.02 Å². The number of imide groups is 1. The predicted molar refractivity (Wildman–Crippen MR) is 94.9 cm³/mol. The number of allylic oxidation sites excluding steroid dienone is 2. The molecule has 1 aromatic carbocycles. The van der Waals surface area contributed by atoms with Crippen molar-refractivity contribution in [2.45, 2.75) is 25.7 Å². The molecule has 0 spiro atoms. The minimum Gasteiger partial charge on any atom is -0.356 e. The molecule has 0 bridgehead atoms. The highest BCUT2D eigenvalue weighted by Crippen LogP contribution is 2.34. The Hall–Kier alpha value is -2.14. The van der Waals surface area contributed by atoms with Crippen LogP contribution in [0.1, 0.15) is 24.8 Å². The summed E-state index contributed by atoms with van der Waals surface area (Å²) in [5.74, 6) is -0.875. The van der Waals surface area contributed by atoms with Crippen molar-refractivity contribution in [2.75, 3.05) is 13.1 Å². The highest BCUT2D eigenvalue weighted by Gasteiger charge is 2.46. The first-order chi connectivity index (χ1) is 12.1. The smallest absolute Gasteiger partial charge is 0.233 e. The zero-order chi connectivity index (χ0) is 17.8. The molecule has 1 fully saturated rings. The number of halogens is 1. The van der Waals surface area contributed by atoms with Crippen LogP contribution in [-0.2, 0) is 20.8 Å². The number of fused-ring (bicyclic) bond motifs is 1. The molecule has 5 nitrogen and oxygen atoms in total. The van der Waals surface area contributed by atoms with E-state index < -0.39 is 0 Å². The van der Waals surface area contributed by atoms with Gasteiger partial charge in [-0.05, 0) is 37.0 Å². The summed E-state index contributed by atoms with van der Waals surface area (Å²) in [5, 5.41) is 3.51. The molecule has 3 rings (SSSR count). The topological polar surface area (TPSA) is 66.5 Å². The van der Waals surface area contributed by atoms with E-state index >= 15 is 0 Å². The standard InChI is InChI=1S/C19H21ClN2O3/c20-14-7-5-13(6-8-14)9-11-21-17(23)10-12-22-18(24)15-3-1-2-4-16(15)19(22)25/h1-2,5-8,15-16H,3-4,9-12H2,(H,21,23)/t15-,16+. The summed E-state index contributed by atoms with van der Waals surface area (Å²) in [6.07, 6.45) is 6.02. The fraction of sp³-hybridized carbons (Fsp3) is 0.421. The third kappa shape index (κ3) is 4.10. The van der Waals surface area contributed by atoms with Crippen LogP contribution in [0, 0.1) is 11.8 Å². The molecule has 0 radical (unpaired) electrons. The average molecular weight is 361 g/mol. The van der Waals surface area contributed by atoms with E-state index in [2.05, 4.69) is 5.32 Å². The lowest BCUT2D eigenvalue weighted by Crippen LogP contribution is -2.35. The maximum Gasteiger partial charge on any atom is 0.233 e. The van der Waals surface area contributed by atoms with Gasteiger partial charge in [0.2, 0.25) is 17.7 Å². The van der Waals surface area contributed by atoms with Crippen molar-refractivity contribution >= 4 is 29.3 Å². The molecule has 2 aliphatic rings. The minimum atomic E-state index is -0.231. The molecule has 1 N–H and O–H groups in total. The molecule has 1 aliphatic carbocycles. The first kappa shape index (κ1) is 17.7. The van der Waals surface area contributed by atoms with Crippen molar-refractivity contribution in [3.63, 3.8) is 0 Å². The summed E-state index contributed by atoms with van der Waals surface area (Å²) in [6.45, 7) is 0.676. The Labute approximate surface area is 152 Å². The highest BCUT2D eigenvalue weighted by molar-refractivity contribution is 6.30. The Morgan fingerprint density at radius 2 is 1.68 bits per heavy atom. The predicted octanol–water partition coefficient (Wildman–Crippen LogP) is 2.34. The van der Waals surface area contributed by atoms with Gasteiger partial charge >= 0.3 is 0 Å². The van der Waals surface area contributed by atoms with Crippen molar-refractivity contribution in [3.8, 4) is 0 Å². The molecular formula is C19H21ClN2O3. The lowest BCUT2D eigenvalue weighted by molar-refractivity contribution is -0.140. The third-order valence-corrected chi connectivity index (χ3v) is 5.06. The lowest BCUT2D eigenvalue weighted by atomic mass is 9.85. The molecule has 0 unspecified atom stereocenters. The number of likely N-dealkylation sites (tertiary alicyclic amines) is 1. The van der Waals surface area contributed by atoms with Crippen molar-refractivity contribution in [2.24, 2.45) is 11.8 Å². The summed E-state index contributed by atoms with van der Waals surface area (Å²) in [5.41, 5.74) is 1.09. The highest BCUT2D eigenvalue weighted by atomic mass is 35.5. The van der Waals surface area contributed by atoms with E-state index in [1.807, 2.05) is 36.4 Å². The Morgan fingerprint density at radius 3 is 2.28 bits per heavy atom. The number of amides is 3. The normalized spacial score (nSPS) is 22.2. The van der Waals surface area contributed by atoms with E-state index in [1.165, 1.54) is 4.90 Å². The van der Waals surface area contributed by atoms with E-state index in [9.17, 15) is 14.4 Å². The first-order valence-electron chi connectivity index (χ1n) is 8.57. The van der Waals surface area contributed by atoms with Crippen LogP contribution in [0.4, 0.5) is 0 Å². The van der Waals surface area contributed by atoms with E-state index in [-0.39, 0.29) is 42.5 Å². The number of carbonyl (C=O) groups is 3. The molecule has 0 aromatic heterocycles. The SMILES string of the molecule is O=C(CCN1C(=O)[C@H]2CC=CC[C@H]2C1=O)NCCc1ccc(Cl)cc1. The van der Waals surface area contributed by atoms with Gasteiger partial charge in [0.1, 0.15) is 0 Å². The number of nitrogens with one attached hydrogen (secondary N) is 1. The van der Waals surface area contributed by atoms with E-state index in [1.54, 1.807) is 0 Å². The first-order valence-corrected chi connectivity index (χ1v) is 8.95. The fourth-order valence-electron chi connectivity index (χ4n) is 3.39. The summed E-state index contributed by atoms with van der Waals surface area (Å²) in [4.78, 5) is 37.9. The summed E-state index contributed by atoms with van der Waals surface area (Å²) < 4.78 is 0. The second kappa shape index (κ2) is 7.83. The molecule has 25 heavy (non-hydrogen) atoms. The van der Waals surface area contributed by atoms with Crippen LogP contribution >= 0.6 is 11.6 Å². The lowest BCUT2D eigenvalue weighted by Gasteiger charge is -2.14. The van der Waals surface area contributed by atoms with Gasteiger partial charge in [-0.1, -0.05) is 35.9 Å². The molecule has 6 heteroatoms. The molecule has 3 amide bonds. The van der Waals surface area contributed by atoms with Crippen LogP contribution in [0.15, 0.2) is 36.4 Å². The number of hydrogen-bond acceptors (Lipinski definition) is 3. The van der Waals surface area contributed by atoms with E-state index in [0.29, 0.717) is 30.8 Å². The molecule has 2 atom stereocenters. The van der Waals surface area contributed by atoms with Gasteiger partial charge in [-0.15, -0.1) is 0 Å². The van der Waals surface area contributed by atoms with Crippen molar-refractivity contribution in [1.29, 1.82) is 0 Å². The summed E-state index contributed by atoms with van der Waals surface area (Å²) in [7, 11) is 0. The molecule has 1 heterocycles. The second-order valence-corrected chi connectivity index (χ2v) is 6.90. The fourth-order valence-corrected chi connectivity index (χ4v) is 3.51. The van der Waals surface area contributed by atoms with Gasteiger partial charge in [-0.25, -0.2) is 0 Å². The van der Waals surface area contributed by atoms with Crippen molar-refractivity contribution < 1.29 is 14.4 Å². The van der Waals surface area contributed by atoms with Gasteiger partial charge in [0.15, 0.2) is 0 Å². The number of benzene rings is 1. The Balaban J connectivity index is 1.42. The zero-order valence-corrected chi connectivity index (χ0v) is 14.7. The van der Waals surface area contributed by atoms with Crippen LogP contribution in [0.3, 0.4) is 0 Å². The Morgan fingerprint density at radius 1 is 1.08 bits per heavy atom. The van der Waals surface area contributed by atoms with Gasteiger partial charge in [0.25, 0.3) is 0 Å². The number of rotatable bonds is 6. The maximum atomic E-state index is 12.3. The van der Waals surface area contributed by atoms with E-state index in [4.69, 9.17) is 11.6 Å². The Kier molecular flexibility index (Phi) is 5.53. The van der Waals surface area contributed by atoms with E-state index in [0.717, 1.165) is 5.56 Å². The molecule has 1 aliphatic heterocycles. The number of carbonyl (C=O) groups excluding carboxylic acids is 3. The van der Waals surface area contributed by atoms with Gasteiger partial charge in [0.05, 0.1) is 11.8 Å². The molecule has 132 valence electrons. The van der Waals surface area contributed by atoms with Gasteiger partial charge < -0.3 is 5.32 Å². The maximum absolute atomic E-state index is 12.3. The second-order valence-electron chi connectivity index (χ2n) is 6.46. The van der Waals surface area contributed by atoms with Crippen LogP contribution in [0.25, 0.3) is 0 Å². The van der Waals surface area contributed by atoms with Crippen LogP contribution in [0.5, 0.6) is 0 Å². The van der Waals surface area contributed by atoms with Crippen LogP contribution in [-0.4, -0.2) is 35.7 Å². The van der Waals surface area contributed by atoms with Crippen molar-refractivity contribution in [1.82, 2.24) is 10.2 Å². The largest absolute Gasteiger partial charge is 0.356 e. The van der Waals surface area contributed by atoms with Crippen LogP contribution < -0.4 is 5.32 Å². The third-order valence-electron chi connectivity index (χ3n) is 4.81. The van der Waals surface area contributed by atoms with Gasteiger partial charge in [0, 0.05) is 24.5 Å². The van der Waals surface area contributed by atoms with Crippen molar-refractivity contribution in [3.05, 3.63) is 47.0 Å². The molecule has 1 saturated heterocycles. The van der Waals surface area contributed by atoms with Gasteiger partial charge in [-0.3, -0.25) is 19.3 Å². The quantitative estimate of drug-likeness (QED) is 0.625. The molecule has 1 aromatic rings. The van der Waals surface area contributed by atoms with Gasteiger partial charge in [-0.2, -0.15) is 0 Å². The Bertz CT molecular complexity index is 673. The molecule has 0 saturated carbocycles. The number of nitrogens with zero attached hydrogens (tertiary/aromatic N) is 1. The number of hydrogen-bond donors (Lipinski definition) is 1. The zero-order valence-electron chi connectivity index (χ0n) is 13.9. The average Bonchev–Trinajstić information content (AvgIpc) is 2.86.